The van der Waals surface area contributed by atoms with Gasteiger partial charge in [0.25, 0.3) is 0 Å². The lowest BCUT2D eigenvalue weighted by molar-refractivity contribution is 0.823. The Labute approximate surface area is 106 Å². The van der Waals surface area contributed by atoms with E-state index in [0.717, 1.165) is 17.6 Å². The average molecular weight is 237 g/mol. The molecule has 0 saturated carbocycles. The summed E-state index contributed by atoms with van der Waals surface area (Å²) in [5.41, 5.74) is 10.2. The molecule has 0 aliphatic heterocycles. The van der Waals surface area contributed by atoms with E-state index in [1.807, 2.05) is 24.5 Å². The first-order valence-electron chi connectivity index (χ1n) is 6.04. The van der Waals surface area contributed by atoms with Gasteiger partial charge in [-0.15, -0.1) is 0 Å². The molecule has 0 aliphatic carbocycles. The van der Waals surface area contributed by atoms with E-state index in [9.17, 15) is 0 Å². The van der Waals surface area contributed by atoms with Crippen LogP contribution < -0.4 is 5.73 Å². The summed E-state index contributed by atoms with van der Waals surface area (Å²) in [6.45, 7) is 1.43. The predicted molar refractivity (Wildman–Crippen MR) is 73.2 cm³/mol. The van der Waals surface area contributed by atoms with Gasteiger partial charge in [0.1, 0.15) is 0 Å². The minimum Gasteiger partial charge on any atom is -0.326 e. The van der Waals surface area contributed by atoms with Gasteiger partial charge >= 0.3 is 0 Å². The molecule has 1 heterocycles. The highest BCUT2D eigenvalue weighted by Crippen LogP contribution is 2.14. The van der Waals surface area contributed by atoms with Crippen LogP contribution in [0.2, 0.25) is 0 Å². The minimum atomic E-state index is 0.592. The van der Waals surface area contributed by atoms with Crippen molar-refractivity contribution in [2.75, 3.05) is 0 Å². The monoisotopic (exact) mass is 237 g/mol. The summed E-state index contributed by atoms with van der Waals surface area (Å²) in [7, 11) is 0. The number of imidazole rings is 1. The van der Waals surface area contributed by atoms with Crippen molar-refractivity contribution in [3.63, 3.8) is 0 Å². The maximum atomic E-state index is 5.60. The van der Waals surface area contributed by atoms with E-state index in [0.29, 0.717) is 6.54 Å². The van der Waals surface area contributed by atoms with Crippen molar-refractivity contribution < 1.29 is 0 Å². The quantitative estimate of drug-likeness (QED) is 0.760. The Kier molecular flexibility index (Phi) is 2.82. The molecule has 0 atom stereocenters. The smallest absolute Gasteiger partial charge is 0.0961 e. The zero-order chi connectivity index (χ0) is 12.4. The van der Waals surface area contributed by atoms with Crippen molar-refractivity contribution in [2.24, 2.45) is 5.73 Å². The Bertz CT molecular complexity index is 653. The third-order valence-corrected chi connectivity index (χ3v) is 3.14. The fraction of sp³-hybridized carbons (Fsp3) is 0.133. The molecular formula is C15H15N3. The van der Waals surface area contributed by atoms with Crippen LogP contribution in [0.15, 0.2) is 54.9 Å². The molecular weight excluding hydrogens is 222 g/mol. The largest absolute Gasteiger partial charge is 0.326 e. The van der Waals surface area contributed by atoms with Gasteiger partial charge in [-0.25, -0.2) is 4.98 Å². The van der Waals surface area contributed by atoms with Crippen molar-refractivity contribution in [1.29, 1.82) is 0 Å². The lowest BCUT2D eigenvalue weighted by Gasteiger charge is -2.05. The first kappa shape index (κ1) is 11.0. The number of aromatic nitrogens is 2. The number of nitrogens with two attached hydrogens (primary N) is 1. The molecule has 0 saturated heterocycles. The summed E-state index contributed by atoms with van der Waals surface area (Å²) < 4.78 is 2.16. The highest BCUT2D eigenvalue weighted by atomic mass is 15.0. The van der Waals surface area contributed by atoms with Gasteiger partial charge in [0.05, 0.1) is 17.4 Å². The summed E-state index contributed by atoms with van der Waals surface area (Å²) >= 11 is 0. The molecule has 0 spiro atoms. The van der Waals surface area contributed by atoms with Gasteiger partial charge in [-0.3, -0.25) is 0 Å². The van der Waals surface area contributed by atoms with Gasteiger partial charge in [0.15, 0.2) is 0 Å². The second-order valence-electron chi connectivity index (χ2n) is 4.38. The number of fused-ring (bicyclic) bond motifs is 1. The highest BCUT2D eigenvalue weighted by molar-refractivity contribution is 5.75. The number of nitrogens with zero attached hydrogens (tertiary/aromatic N) is 2. The Morgan fingerprint density at radius 1 is 0.944 bits per heavy atom. The molecule has 0 radical (unpaired) electrons. The van der Waals surface area contributed by atoms with Crippen LogP contribution >= 0.6 is 0 Å². The van der Waals surface area contributed by atoms with Crippen LogP contribution in [0.1, 0.15) is 11.1 Å². The maximum absolute atomic E-state index is 5.60. The first-order chi connectivity index (χ1) is 8.86. The SMILES string of the molecule is NCc1ccc(Cn2cnc3ccccc32)cc1. The summed E-state index contributed by atoms with van der Waals surface area (Å²) in [5, 5.41) is 0. The molecule has 90 valence electrons. The topological polar surface area (TPSA) is 43.8 Å². The molecule has 0 unspecified atom stereocenters. The van der Waals surface area contributed by atoms with E-state index in [4.69, 9.17) is 5.73 Å². The molecule has 1 aromatic heterocycles. The molecule has 0 bridgehead atoms. The Hall–Kier alpha value is -2.13. The third kappa shape index (κ3) is 2.00. The molecule has 0 aliphatic rings. The van der Waals surface area contributed by atoms with Crippen molar-refractivity contribution in [1.82, 2.24) is 9.55 Å². The molecule has 2 aromatic carbocycles. The van der Waals surface area contributed by atoms with Crippen LogP contribution in [0.5, 0.6) is 0 Å². The van der Waals surface area contributed by atoms with Crippen molar-refractivity contribution >= 4 is 11.0 Å². The number of hydrogen-bond acceptors (Lipinski definition) is 2. The number of para-hydroxylation sites is 2. The van der Waals surface area contributed by atoms with E-state index < -0.39 is 0 Å². The molecule has 3 rings (SSSR count). The average Bonchev–Trinajstić information content (AvgIpc) is 2.83. The fourth-order valence-corrected chi connectivity index (χ4v) is 2.11. The number of hydrogen-bond donors (Lipinski definition) is 1. The second-order valence-corrected chi connectivity index (χ2v) is 4.38. The molecule has 2 N–H and O–H groups in total. The second kappa shape index (κ2) is 4.63. The highest BCUT2D eigenvalue weighted by Gasteiger charge is 2.02. The van der Waals surface area contributed by atoms with Gasteiger partial charge in [-0.1, -0.05) is 36.4 Å². The van der Waals surface area contributed by atoms with Crippen LogP contribution in [0, 0.1) is 0 Å². The van der Waals surface area contributed by atoms with Crippen LogP contribution in [-0.4, -0.2) is 9.55 Å². The summed E-state index contributed by atoms with van der Waals surface area (Å²) in [5.74, 6) is 0. The van der Waals surface area contributed by atoms with Gasteiger partial charge in [0, 0.05) is 13.1 Å². The maximum Gasteiger partial charge on any atom is 0.0961 e. The molecule has 0 fully saturated rings. The molecule has 3 aromatic rings. The predicted octanol–water partition coefficient (Wildman–Crippen LogP) is 2.54. The lowest BCUT2D eigenvalue weighted by atomic mass is 10.1. The fourth-order valence-electron chi connectivity index (χ4n) is 2.11. The van der Waals surface area contributed by atoms with Gasteiger partial charge in [0.2, 0.25) is 0 Å². The normalized spacial score (nSPS) is 10.9. The van der Waals surface area contributed by atoms with Crippen molar-refractivity contribution in [3.8, 4) is 0 Å². The molecule has 0 amide bonds. The summed E-state index contributed by atoms with van der Waals surface area (Å²) in [4.78, 5) is 4.39. The van der Waals surface area contributed by atoms with Crippen molar-refractivity contribution in [3.05, 3.63) is 66.0 Å². The third-order valence-electron chi connectivity index (χ3n) is 3.14. The number of benzene rings is 2. The van der Waals surface area contributed by atoms with Crippen molar-refractivity contribution in [2.45, 2.75) is 13.1 Å². The van der Waals surface area contributed by atoms with E-state index in [1.165, 1.54) is 11.1 Å². The standard InChI is InChI=1S/C15H15N3/c16-9-12-5-7-13(8-6-12)10-18-11-17-14-3-1-2-4-15(14)18/h1-8,11H,9-10,16H2. The Morgan fingerprint density at radius 2 is 1.67 bits per heavy atom. The zero-order valence-corrected chi connectivity index (χ0v) is 10.1. The van der Waals surface area contributed by atoms with Gasteiger partial charge in [-0.05, 0) is 23.3 Å². The van der Waals surface area contributed by atoms with E-state index >= 15 is 0 Å². The van der Waals surface area contributed by atoms with E-state index in [2.05, 4.69) is 39.9 Å². The van der Waals surface area contributed by atoms with Crippen LogP contribution in [0.4, 0.5) is 0 Å². The van der Waals surface area contributed by atoms with Gasteiger partial charge in [-0.2, -0.15) is 0 Å². The lowest BCUT2D eigenvalue weighted by Crippen LogP contribution is -1.99. The first-order valence-corrected chi connectivity index (χ1v) is 6.04. The summed E-state index contributed by atoms with van der Waals surface area (Å²) in [6.07, 6.45) is 1.89. The molecule has 18 heavy (non-hydrogen) atoms. The van der Waals surface area contributed by atoms with Crippen LogP contribution in [0.25, 0.3) is 11.0 Å². The molecule has 3 nitrogen and oxygen atoms in total. The van der Waals surface area contributed by atoms with E-state index in [1.54, 1.807) is 0 Å². The molecule has 3 heteroatoms. The number of rotatable bonds is 3. The zero-order valence-electron chi connectivity index (χ0n) is 10.1. The van der Waals surface area contributed by atoms with E-state index in [-0.39, 0.29) is 0 Å². The Morgan fingerprint density at radius 3 is 2.44 bits per heavy atom. The Balaban J connectivity index is 1.91. The van der Waals surface area contributed by atoms with Crippen LogP contribution in [-0.2, 0) is 13.1 Å². The summed E-state index contributed by atoms with van der Waals surface area (Å²) in [6, 6.07) is 16.6. The van der Waals surface area contributed by atoms with Gasteiger partial charge < -0.3 is 10.3 Å². The van der Waals surface area contributed by atoms with Crippen LogP contribution in [0.3, 0.4) is 0 Å². The minimum absolute atomic E-state index is 0.592.